The molecule has 1 atom stereocenters. The molecule has 0 aromatic rings. The molecule has 0 aliphatic rings. The van der Waals surface area contributed by atoms with Gasteiger partial charge in [-0.3, -0.25) is 4.79 Å². The molecular weight excluding hydrogens is 328 g/mol. The molecule has 0 aliphatic carbocycles. The van der Waals surface area contributed by atoms with Gasteiger partial charge in [0.25, 0.3) is 0 Å². The van der Waals surface area contributed by atoms with Gasteiger partial charge in [-0.05, 0) is 32.3 Å². The topological polar surface area (TPSA) is 52.6 Å². The average molecular weight is 365 g/mol. The Morgan fingerprint density at radius 3 is 2.27 bits per heavy atom. The molecule has 0 heterocycles. The molecule has 0 saturated carbocycles. The van der Waals surface area contributed by atoms with Crippen molar-refractivity contribution in [2.24, 2.45) is 0 Å². The summed E-state index contributed by atoms with van der Waals surface area (Å²) >= 11 is 0. The van der Waals surface area contributed by atoms with Crippen molar-refractivity contribution in [3.63, 3.8) is 0 Å². The van der Waals surface area contributed by atoms with E-state index in [0.29, 0.717) is 6.61 Å². The van der Waals surface area contributed by atoms with Crippen LogP contribution in [0.4, 0.5) is 0 Å². The molecule has 26 heavy (non-hydrogen) atoms. The van der Waals surface area contributed by atoms with E-state index in [-0.39, 0.29) is 18.1 Å². The monoisotopic (exact) mass is 364 g/mol. The van der Waals surface area contributed by atoms with Gasteiger partial charge in [0.1, 0.15) is 6.10 Å². The first-order chi connectivity index (χ1) is 12.4. The number of carbonyl (C=O) groups is 2. The third-order valence-electron chi connectivity index (χ3n) is 3.85. The first kappa shape index (κ1) is 24.2. The zero-order valence-electron chi connectivity index (χ0n) is 16.9. The van der Waals surface area contributed by atoms with Crippen molar-refractivity contribution in [3.05, 3.63) is 36.5 Å². The second-order valence-corrected chi connectivity index (χ2v) is 6.71. The Morgan fingerprint density at radius 2 is 1.65 bits per heavy atom. The molecule has 1 unspecified atom stereocenters. The Labute approximate surface area is 159 Å². The van der Waals surface area contributed by atoms with Crippen molar-refractivity contribution < 1.29 is 19.1 Å². The summed E-state index contributed by atoms with van der Waals surface area (Å²) in [5, 5.41) is 0. The number of allylic oxidation sites excluding steroid dienone is 2. The van der Waals surface area contributed by atoms with Crippen LogP contribution in [0, 0.1) is 0 Å². The van der Waals surface area contributed by atoms with Crippen molar-refractivity contribution in [3.8, 4) is 0 Å². The quantitative estimate of drug-likeness (QED) is 0.162. The van der Waals surface area contributed by atoms with Gasteiger partial charge in [0.15, 0.2) is 0 Å². The van der Waals surface area contributed by atoms with Crippen LogP contribution in [-0.4, -0.2) is 24.6 Å². The van der Waals surface area contributed by atoms with Gasteiger partial charge in [0, 0.05) is 5.57 Å². The minimum atomic E-state index is -0.515. The maximum absolute atomic E-state index is 12.1. The van der Waals surface area contributed by atoms with Crippen molar-refractivity contribution in [2.45, 2.75) is 84.7 Å². The van der Waals surface area contributed by atoms with Crippen molar-refractivity contribution in [2.75, 3.05) is 6.61 Å². The SMILES string of the molecule is C=C(C)/C=C/C(CCCCC)OC(=O)CC(=C)C(=O)OCCCCCC. The van der Waals surface area contributed by atoms with Gasteiger partial charge in [-0.2, -0.15) is 0 Å². The van der Waals surface area contributed by atoms with Crippen molar-refractivity contribution in [1.29, 1.82) is 0 Å². The summed E-state index contributed by atoms with van der Waals surface area (Å²) in [5.41, 5.74) is 1.04. The fourth-order valence-electron chi connectivity index (χ4n) is 2.31. The fraction of sp³-hybridized carbons (Fsp3) is 0.636. The van der Waals surface area contributed by atoms with Crippen molar-refractivity contribution in [1.82, 2.24) is 0 Å². The van der Waals surface area contributed by atoms with Gasteiger partial charge < -0.3 is 9.47 Å². The number of ether oxygens (including phenoxy) is 2. The van der Waals surface area contributed by atoms with Crippen LogP contribution < -0.4 is 0 Å². The molecule has 0 aromatic carbocycles. The summed E-state index contributed by atoms with van der Waals surface area (Å²) in [4.78, 5) is 24.0. The molecule has 148 valence electrons. The van der Waals surface area contributed by atoms with Gasteiger partial charge >= 0.3 is 11.9 Å². The number of esters is 2. The first-order valence-corrected chi connectivity index (χ1v) is 9.78. The molecule has 4 nitrogen and oxygen atoms in total. The van der Waals surface area contributed by atoms with E-state index < -0.39 is 11.9 Å². The van der Waals surface area contributed by atoms with E-state index in [1.54, 1.807) is 0 Å². The highest BCUT2D eigenvalue weighted by molar-refractivity contribution is 5.93. The lowest BCUT2D eigenvalue weighted by Crippen LogP contribution is -2.19. The minimum absolute atomic E-state index is 0.140. The third kappa shape index (κ3) is 13.5. The van der Waals surface area contributed by atoms with E-state index >= 15 is 0 Å². The molecule has 0 amide bonds. The van der Waals surface area contributed by atoms with Crippen LogP contribution in [0.3, 0.4) is 0 Å². The van der Waals surface area contributed by atoms with Crippen LogP contribution in [0.1, 0.15) is 78.6 Å². The fourth-order valence-corrected chi connectivity index (χ4v) is 2.31. The van der Waals surface area contributed by atoms with Gasteiger partial charge in [-0.25, -0.2) is 4.79 Å². The van der Waals surface area contributed by atoms with E-state index in [2.05, 4.69) is 27.0 Å². The molecule has 4 heteroatoms. The maximum atomic E-state index is 12.1. The van der Waals surface area contributed by atoms with Crippen LogP contribution in [0.25, 0.3) is 0 Å². The van der Waals surface area contributed by atoms with Crippen LogP contribution in [0.15, 0.2) is 36.5 Å². The Kier molecular flexibility index (Phi) is 14.3. The minimum Gasteiger partial charge on any atom is -0.462 e. The van der Waals surface area contributed by atoms with Crippen LogP contribution >= 0.6 is 0 Å². The Hall–Kier alpha value is -1.84. The van der Waals surface area contributed by atoms with Gasteiger partial charge in [-0.1, -0.05) is 70.8 Å². The highest BCUT2D eigenvalue weighted by atomic mass is 16.5. The maximum Gasteiger partial charge on any atom is 0.333 e. The largest absolute Gasteiger partial charge is 0.462 e. The van der Waals surface area contributed by atoms with E-state index in [1.165, 1.54) is 0 Å². The smallest absolute Gasteiger partial charge is 0.333 e. The molecule has 0 N–H and O–H groups in total. The third-order valence-corrected chi connectivity index (χ3v) is 3.85. The molecule has 0 aliphatic heterocycles. The lowest BCUT2D eigenvalue weighted by atomic mass is 10.1. The van der Waals surface area contributed by atoms with E-state index in [4.69, 9.17) is 9.47 Å². The average Bonchev–Trinajstić information content (AvgIpc) is 2.59. The molecule has 0 aromatic heterocycles. The van der Waals surface area contributed by atoms with E-state index in [9.17, 15) is 9.59 Å². The second-order valence-electron chi connectivity index (χ2n) is 6.71. The summed E-state index contributed by atoms with van der Waals surface area (Å²) in [7, 11) is 0. The molecule has 0 bridgehead atoms. The van der Waals surface area contributed by atoms with Gasteiger partial charge in [0.05, 0.1) is 13.0 Å². The molecule has 0 spiro atoms. The first-order valence-electron chi connectivity index (χ1n) is 9.78. The Bertz CT molecular complexity index is 477. The highest BCUT2D eigenvalue weighted by Crippen LogP contribution is 2.13. The molecule has 0 radical (unpaired) electrons. The normalized spacial score (nSPS) is 12.0. The predicted octanol–water partition coefficient (Wildman–Crippen LogP) is 5.68. The zero-order valence-corrected chi connectivity index (χ0v) is 16.9. The number of carbonyl (C=O) groups excluding carboxylic acids is 2. The van der Waals surface area contributed by atoms with Crippen LogP contribution in [0.5, 0.6) is 0 Å². The number of unbranched alkanes of at least 4 members (excludes halogenated alkanes) is 5. The number of hydrogen-bond donors (Lipinski definition) is 0. The lowest BCUT2D eigenvalue weighted by Gasteiger charge is -2.15. The molecule has 0 saturated heterocycles. The summed E-state index contributed by atoms with van der Waals surface area (Å²) in [6.07, 6.45) is 11.3. The second kappa shape index (κ2) is 15.4. The summed E-state index contributed by atoms with van der Waals surface area (Å²) in [6, 6.07) is 0. The number of hydrogen-bond acceptors (Lipinski definition) is 4. The van der Waals surface area contributed by atoms with Gasteiger partial charge in [0.2, 0.25) is 0 Å². The molecular formula is C22H36O4. The molecule has 0 rings (SSSR count). The summed E-state index contributed by atoms with van der Waals surface area (Å²) in [5.74, 6) is -0.968. The van der Waals surface area contributed by atoms with E-state index in [0.717, 1.165) is 56.9 Å². The Morgan fingerprint density at radius 1 is 1.00 bits per heavy atom. The standard InChI is InChI=1S/C22H36O4/c1-6-8-10-12-16-25-22(24)19(5)17-21(23)26-20(13-11-9-7-2)15-14-18(3)4/h14-15,20H,3,5-13,16-17H2,1-2,4H3/b15-14+. The Balaban J connectivity index is 4.34. The van der Waals surface area contributed by atoms with E-state index in [1.807, 2.05) is 19.1 Å². The lowest BCUT2D eigenvalue weighted by molar-refractivity contribution is -0.149. The summed E-state index contributed by atoms with van der Waals surface area (Å²) < 4.78 is 10.6. The number of rotatable bonds is 15. The zero-order chi connectivity index (χ0) is 19.8. The van der Waals surface area contributed by atoms with Crippen LogP contribution in [0.2, 0.25) is 0 Å². The summed E-state index contributed by atoms with van der Waals surface area (Å²) in [6.45, 7) is 14.0. The highest BCUT2D eigenvalue weighted by Gasteiger charge is 2.17. The van der Waals surface area contributed by atoms with Crippen LogP contribution in [-0.2, 0) is 19.1 Å². The predicted molar refractivity (Wildman–Crippen MR) is 107 cm³/mol. The molecule has 0 fully saturated rings. The van der Waals surface area contributed by atoms with Gasteiger partial charge in [-0.15, -0.1) is 0 Å². The van der Waals surface area contributed by atoms with Crippen molar-refractivity contribution >= 4 is 11.9 Å².